The highest BCUT2D eigenvalue weighted by molar-refractivity contribution is 5.48. The van der Waals surface area contributed by atoms with Gasteiger partial charge in [-0.15, -0.1) is 0 Å². The topological polar surface area (TPSA) is 54.4 Å². The van der Waals surface area contributed by atoms with Gasteiger partial charge >= 0.3 is 0 Å². The Labute approximate surface area is 119 Å². The van der Waals surface area contributed by atoms with Gasteiger partial charge in [0.15, 0.2) is 0 Å². The summed E-state index contributed by atoms with van der Waals surface area (Å²) in [6.07, 6.45) is 1.77. The van der Waals surface area contributed by atoms with Crippen molar-refractivity contribution in [1.29, 1.82) is 0 Å². The van der Waals surface area contributed by atoms with E-state index in [1.54, 1.807) is 13.3 Å². The SMILES string of the molecule is COc1ccc(N[C@@H](c2ccccn2)[C@H](C)CO)cc1. The van der Waals surface area contributed by atoms with Gasteiger partial charge in [-0.1, -0.05) is 13.0 Å². The van der Waals surface area contributed by atoms with E-state index in [0.717, 1.165) is 17.1 Å². The van der Waals surface area contributed by atoms with Gasteiger partial charge in [-0.25, -0.2) is 0 Å². The lowest BCUT2D eigenvalue weighted by atomic mass is 9.98. The highest BCUT2D eigenvalue weighted by Crippen LogP contribution is 2.26. The van der Waals surface area contributed by atoms with Crippen molar-refractivity contribution < 1.29 is 9.84 Å². The van der Waals surface area contributed by atoms with Gasteiger partial charge in [0.1, 0.15) is 5.75 Å². The third-order valence-corrected chi connectivity index (χ3v) is 3.28. The van der Waals surface area contributed by atoms with E-state index >= 15 is 0 Å². The van der Waals surface area contributed by atoms with E-state index < -0.39 is 0 Å². The number of nitrogens with one attached hydrogen (secondary N) is 1. The van der Waals surface area contributed by atoms with Crippen molar-refractivity contribution >= 4 is 5.69 Å². The van der Waals surface area contributed by atoms with Crippen LogP contribution in [0.4, 0.5) is 5.69 Å². The van der Waals surface area contributed by atoms with Gasteiger partial charge in [0.25, 0.3) is 0 Å². The molecule has 2 rings (SSSR count). The molecule has 106 valence electrons. The summed E-state index contributed by atoms with van der Waals surface area (Å²) in [7, 11) is 1.65. The lowest BCUT2D eigenvalue weighted by molar-refractivity contribution is 0.221. The Kier molecular flexibility index (Phi) is 4.96. The number of benzene rings is 1. The summed E-state index contributed by atoms with van der Waals surface area (Å²) in [5.74, 6) is 0.882. The standard InChI is InChI=1S/C16H20N2O2/c1-12(11-19)16(15-5-3-4-10-17-15)18-13-6-8-14(20-2)9-7-13/h3-10,12,16,18-19H,11H2,1-2H3/t12-,16-/m1/s1. The molecule has 0 saturated carbocycles. The highest BCUT2D eigenvalue weighted by atomic mass is 16.5. The van der Waals surface area contributed by atoms with Gasteiger partial charge < -0.3 is 15.2 Å². The van der Waals surface area contributed by atoms with Crippen LogP contribution in [0.5, 0.6) is 5.75 Å². The maximum Gasteiger partial charge on any atom is 0.119 e. The van der Waals surface area contributed by atoms with Crippen molar-refractivity contribution in [2.45, 2.75) is 13.0 Å². The monoisotopic (exact) mass is 272 g/mol. The van der Waals surface area contributed by atoms with Crippen LogP contribution in [-0.2, 0) is 0 Å². The summed E-state index contributed by atoms with van der Waals surface area (Å²) in [6.45, 7) is 2.10. The minimum absolute atomic E-state index is 0.0328. The maximum atomic E-state index is 9.44. The first-order valence-electron chi connectivity index (χ1n) is 6.67. The number of anilines is 1. The van der Waals surface area contributed by atoms with Gasteiger partial charge in [0.2, 0.25) is 0 Å². The number of pyridine rings is 1. The molecule has 0 fully saturated rings. The minimum Gasteiger partial charge on any atom is -0.497 e. The Hall–Kier alpha value is -2.07. The van der Waals surface area contributed by atoms with E-state index in [1.165, 1.54) is 0 Å². The number of rotatable bonds is 6. The summed E-state index contributed by atoms with van der Waals surface area (Å²) >= 11 is 0. The number of aromatic nitrogens is 1. The Morgan fingerprint density at radius 3 is 2.50 bits per heavy atom. The molecule has 0 spiro atoms. The van der Waals surface area contributed by atoms with Crippen LogP contribution in [-0.4, -0.2) is 23.8 Å². The van der Waals surface area contributed by atoms with Crippen LogP contribution in [0.2, 0.25) is 0 Å². The van der Waals surface area contributed by atoms with E-state index in [2.05, 4.69) is 10.3 Å². The van der Waals surface area contributed by atoms with Crippen molar-refractivity contribution in [3.8, 4) is 5.75 Å². The fourth-order valence-corrected chi connectivity index (χ4v) is 2.04. The number of aliphatic hydroxyl groups excluding tert-OH is 1. The summed E-state index contributed by atoms with van der Waals surface area (Å²) in [4.78, 5) is 4.38. The van der Waals surface area contributed by atoms with Crippen LogP contribution in [0.1, 0.15) is 18.7 Å². The Morgan fingerprint density at radius 2 is 1.95 bits per heavy atom. The normalized spacial score (nSPS) is 13.6. The molecule has 0 aliphatic heterocycles. The van der Waals surface area contributed by atoms with Gasteiger partial charge in [-0.05, 0) is 36.4 Å². The largest absolute Gasteiger partial charge is 0.497 e. The number of hydrogen-bond acceptors (Lipinski definition) is 4. The molecular weight excluding hydrogens is 252 g/mol. The number of aliphatic hydroxyl groups is 1. The maximum absolute atomic E-state index is 9.44. The number of hydrogen-bond donors (Lipinski definition) is 2. The molecule has 20 heavy (non-hydrogen) atoms. The van der Waals surface area contributed by atoms with Gasteiger partial charge in [-0.2, -0.15) is 0 Å². The lowest BCUT2D eigenvalue weighted by Gasteiger charge is -2.24. The third kappa shape index (κ3) is 3.48. The Balaban J connectivity index is 2.19. The predicted octanol–water partition coefficient (Wildman–Crippen LogP) is 2.87. The Morgan fingerprint density at radius 1 is 1.20 bits per heavy atom. The molecule has 0 radical (unpaired) electrons. The number of ether oxygens (including phenoxy) is 1. The first-order valence-corrected chi connectivity index (χ1v) is 6.67. The average molecular weight is 272 g/mol. The molecule has 0 bridgehead atoms. The van der Waals surface area contributed by atoms with Crippen molar-refractivity contribution in [2.75, 3.05) is 19.0 Å². The van der Waals surface area contributed by atoms with E-state index in [1.807, 2.05) is 49.4 Å². The molecule has 4 nitrogen and oxygen atoms in total. The van der Waals surface area contributed by atoms with Crippen molar-refractivity contribution in [3.05, 3.63) is 54.4 Å². The molecule has 0 saturated heterocycles. The summed E-state index contributed by atoms with van der Waals surface area (Å²) in [5, 5.41) is 12.9. The molecule has 2 atom stereocenters. The molecule has 2 aromatic rings. The molecule has 0 aliphatic carbocycles. The van der Waals surface area contributed by atoms with E-state index in [9.17, 15) is 5.11 Å². The number of nitrogens with zero attached hydrogens (tertiary/aromatic N) is 1. The minimum atomic E-state index is -0.0328. The summed E-state index contributed by atoms with van der Waals surface area (Å²) in [5.41, 5.74) is 1.90. The molecule has 1 aromatic heterocycles. The molecule has 0 unspecified atom stereocenters. The van der Waals surface area contributed by atoms with Gasteiger partial charge in [0, 0.05) is 24.4 Å². The van der Waals surface area contributed by atoms with Crippen LogP contribution < -0.4 is 10.1 Å². The number of methoxy groups -OCH3 is 1. The van der Waals surface area contributed by atoms with Crippen LogP contribution in [0.25, 0.3) is 0 Å². The van der Waals surface area contributed by atoms with Crippen LogP contribution in [0, 0.1) is 5.92 Å². The Bertz CT molecular complexity index is 514. The van der Waals surface area contributed by atoms with Crippen LogP contribution >= 0.6 is 0 Å². The van der Waals surface area contributed by atoms with E-state index in [0.29, 0.717) is 0 Å². The van der Waals surface area contributed by atoms with Crippen LogP contribution in [0.3, 0.4) is 0 Å². The first kappa shape index (κ1) is 14.3. The molecule has 1 heterocycles. The zero-order chi connectivity index (χ0) is 14.4. The van der Waals surface area contributed by atoms with Crippen LogP contribution in [0.15, 0.2) is 48.7 Å². The van der Waals surface area contributed by atoms with Crippen molar-refractivity contribution in [2.24, 2.45) is 5.92 Å². The second-order valence-electron chi connectivity index (χ2n) is 4.76. The predicted molar refractivity (Wildman–Crippen MR) is 79.8 cm³/mol. The summed E-state index contributed by atoms with van der Waals surface area (Å²) in [6, 6.07) is 13.5. The molecular formula is C16H20N2O2. The second-order valence-corrected chi connectivity index (χ2v) is 4.76. The lowest BCUT2D eigenvalue weighted by Crippen LogP contribution is -2.22. The summed E-state index contributed by atoms with van der Waals surface area (Å²) < 4.78 is 5.15. The molecule has 0 aliphatic rings. The second kappa shape index (κ2) is 6.91. The van der Waals surface area contributed by atoms with Gasteiger partial charge in [-0.3, -0.25) is 4.98 Å². The zero-order valence-electron chi connectivity index (χ0n) is 11.8. The van der Waals surface area contributed by atoms with E-state index in [-0.39, 0.29) is 18.6 Å². The van der Waals surface area contributed by atoms with E-state index in [4.69, 9.17) is 4.74 Å². The van der Waals surface area contributed by atoms with Crippen molar-refractivity contribution in [1.82, 2.24) is 4.98 Å². The molecule has 1 aromatic carbocycles. The van der Waals surface area contributed by atoms with Gasteiger partial charge in [0.05, 0.1) is 18.8 Å². The molecule has 0 amide bonds. The zero-order valence-corrected chi connectivity index (χ0v) is 11.8. The van der Waals surface area contributed by atoms with Crippen molar-refractivity contribution in [3.63, 3.8) is 0 Å². The highest BCUT2D eigenvalue weighted by Gasteiger charge is 2.19. The molecule has 4 heteroatoms. The molecule has 2 N–H and O–H groups in total. The first-order chi connectivity index (χ1) is 9.74. The average Bonchev–Trinajstić information content (AvgIpc) is 2.53. The fourth-order valence-electron chi connectivity index (χ4n) is 2.04. The quantitative estimate of drug-likeness (QED) is 0.849. The smallest absolute Gasteiger partial charge is 0.119 e. The fraction of sp³-hybridized carbons (Fsp3) is 0.312. The third-order valence-electron chi connectivity index (χ3n) is 3.28.